The van der Waals surface area contributed by atoms with E-state index in [2.05, 4.69) is 4.98 Å². The van der Waals surface area contributed by atoms with E-state index in [-0.39, 0.29) is 5.69 Å². The van der Waals surface area contributed by atoms with Gasteiger partial charge in [-0.1, -0.05) is 29.3 Å². The highest BCUT2D eigenvalue weighted by molar-refractivity contribution is 6.30. The minimum absolute atomic E-state index is 0.339. The molecule has 0 saturated heterocycles. The third kappa shape index (κ3) is 2.36. The predicted octanol–water partition coefficient (Wildman–Crippen LogP) is 1.65. The second-order valence-electron chi connectivity index (χ2n) is 2.07. The molecule has 1 aromatic heterocycles. The molecule has 0 aliphatic heterocycles. The topological polar surface area (TPSA) is 34.9 Å². The third-order valence-electron chi connectivity index (χ3n) is 1.21. The van der Waals surface area contributed by atoms with Gasteiger partial charge >= 0.3 is 5.69 Å². The summed E-state index contributed by atoms with van der Waals surface area (Å²) in [6.45, 7) is 0.385. The zero-order valence-corrected chi connectivity index (χ0v) is 7.59. The van der Waals surface area contributed by atoms with Gasteiger partial charge in [0, 0.05) is 18.3 Å². The van der Waals surface area contributed by atoms with E-state index in [1.54, 1.807) is 6.08 Å². The van der Waals surface area contributed by atoms with Gasteiger partial charge in [0.25, 0.3) is 0 Å². The minimum atomic E-state index is -0.339. The van der Waals surface area contributed by atoms with E-state index in [0.717, 1.165) is 0 Å². The Morgan fingerprint density at radius 1 is 1.67 bits per heavy atom. The summed E-state index contributed by atoms with van der Waals surface area (Å²) in [7, 11) is 0. The van der Waals surface area contributed by atoms with Crippen LogP contribution in [0.3, 0.4) is 0 Å². The Morgan fingerprint density at radius 2 is 2.42 bits per heavy atom. The van der Waals surface area contributed by atoms with Crippen LogP contribution in [0.25, 0.3) is 0 Å². The summed E-state index contributed by atoms with van der Waals surface area (Å²) in [6, 6.07) is 0. The van der Waals surface area contributed by atoms with E-state index in [9.17, 15) is 4.79 Å². The van der Waals surface area contributed by atoms with Gasteiger partial charge in [-0.25, -0.2) is 9.78 Å². The SMILES string of the molecule is O=c1ncc(Cl)cn1CC=CCl. The molecule has 0 aliphatic carbocycles. The number of hydrogen-bond donors (Lipinski definition) is 0. The second kappa shape index (κ2) is 4.28. The Kier molecular flexibility index (Phi) is 3.31. The number of rotatable bonds is 2. The Bertz CT molecular complexity index is 346. The monoisotopic (exact) mass is 204 g/mol. The Morgan fingerprint density at radius 3 is 3.08 bits per heavy atom. The molecule has 0 fully saturated rings. The molecule has 1 heterocycles. The molecule has 1 aromatic rings. The molecule has 0 spiro atoms. The number of aromatic nitrogens is 2. The van der Waals surface area contributed by atoms with Crippen LogP contribution < -0.4 is 5.69 Å². The predicted molar refractivity (Wildman–Crippen MR) is 48.5 cm³/mol. The highest BCUT2D eigenvalue weighted by Gasteiger charge is 1.94. The maximum atomic E-state index is 11.0. The first-order valence-electron chi connectivity index (χ1n) is 3.21. The van der Waals surface area contributed by atoms with Gasteiger partial charge in [-0.3, -0.25) is 4.57 Å². The van der Waals surface area contributed by atoms with Crippen LogP contribution in [0.4, 0.5) is 0 Å². The van der Waals surface area contributed by atoms with Gasteiger partial charge in [0.15, 0.2) is 0 Å². The van der Waals surface area contributed by atoms with E-state index in [1.807, 2.05) is 0 Å². The van der Waals surface area contributed by atoms with Crippen molar-refractivity contribution in [3.05, 3.63) is 39.5 Å². The summed E-state index contributed by atoms with van der Waals surface area (Å²) in [5.74, 6) is 0. The number of halogens is 2. The van der Waals surface area contributed by atoms with Gasteiger partial charge in [0.1, 0.15) is 0 Å². The fourth-order valence-electron chi connectivity index (χ4n) is 0.713. The number of hydrogen-bond acceptors (Lipinski definition) is 2. The lowest BCUT2D eigenvalue weighted by molar-refractivity contribution is 0.744. The number of allylic oxidation sites excluding steroid dienone is 1. The Hall–Kier alpha value is -0.800. The second-order valence-corrected chi connectivity index (χ2v) is 2.76. The molecule has 1 rings (SSSR count). The van der Waals surface area contributed by atoms with Crippen LogP contribution in [0.5, 0.6) is 0 Å². The summed E-state index contributed by atoms with van der Waals surface area (Å²) in [4.78, 5) is 14.5. The summed E-state index contributed by atoms with van der Waals surface area (Å²) in [5, 5.41) is 0.428. The van der Waals surface area contributed by atoms with Crippen molar-refractivity contribution in [3.8, 4) is 0 Å². The molecule has 0 aromatic carbocycles. The largest absolute Gasteiger partial charge is 0.347 e. The van der Waals surface area contributed by atoms with Crippen molar-refractivity contribution in [2.45, 2.75) is 6.54 Å². The summed E-state index contributed by atoms with van der Waals surface area (Å²) >= 11 is 10.9. The van der Waals surface area contributed by atoms with Gasteiger partial charge in [-0.05, 0) is 0 Å². The van der Waals surface area contributed by atoms with Gasteiger partial charge in [-0.2, -0.15) is 0 Å². The van der Waals surface area contributed by atoms with E-state index >= 15 is 0 Å². The lowest BCUT2D eigenvalue weighted by Crippen LogP contribution is -2.21. The molecule has 3 nitrogen and oxygen atoms in total. The molecule has 0 amide bonds. The highest BCUT2D eigenvalue weighted by Crippen LogP contribution is 2.01. The summed E-state index contributed by atoms with van der Waals surface area (Å²) in [6.07, 6.45) is 4.44. The molecule has 64 valence electrons. The van der Waals surface area contributed by atoms with E-state index in [1.165, 1.54) is 22.5 Å². The normalized spacial score (nSPS) is 10.8. The molecule has 0 N–H and O–H groups in total. The number of nitrogens with zero attached hydrogens (tertiary/aromatic N) is 2. The first-order chi connectivity index (χ1) is 5.74. The minimum Gasteiger partial charge on any atom is -0.294 e. The molecule has 0 radical (unpaired) electrons. The van der Waals surface area contributed by atoms with Crippen LogP contribution in [0.1, 0.15) is 0 Å². The maximum Gasteiger partial charge on any atom is 0.347 e. The van der Waals surface area contributed by atoms with Crippen molar-refractivity contribution in [1.82, 2.24) is 9.55 Å². The molecular formula is C7H6Cl2N2O. The Labute approximate surface area is 79.3 Å². The zero-order chi connectivity index (χ0) is 8.97. The lowest BCUT2D eigenvalue weighted by Gasteiger charge is -1.99. The molecule has 0 aliphatic rings. The quantitative estimate of drug-likeness (QED) is 0.735. The van der Waals surface area contributed by atoms with Crippen molar-refractivity contribution in [2.75, 3.05) is 0 Å². The van der Waals surface area contributed by atoms with E-state index < -0.39 is 0 Å². The standard InChI is InChI=1S/C7H6Cl2N2O/c8-2-1-3-11-5-6(9)4-10-7(11)12/h1-2,4-5H,3H2. The fourth-order valence-corrected chi connectivity index (χ4v) is 0.959. The van der Waals surface area contributed by atoms with E-state index in [4.69, 9.17) is 23.2 Å². The van der Waals surface area contributed by atoms with Crippen LogP contribution in [-0.2, 0) is 6.54 Å². The maximum absolute atomic E-state index is 11.0. The molecule has 0 saturated carbocycles. The average molecular weight is 205 g/mol. The van der Waals surface area contributed by atoms with Crippen molar-refractivity contribution in [3.63, 3.8) is 0 Å². The zero-order valence-electron chi connectivity index (χ0n) is 6.08. The summed E-state index contributed by atoms with van der Waals surface area (Å²) in [5.41, 5.74) is 1.00. The summed E-state index contributed by atoms with van der Waals surface area (Å²) < 4.78 is 1.36. The molecule has 12 heavy (non-hydrogen) atoms. The molecule has 0 bridgehead atoms. The van der Waals surface area contributed by atoms with Crippen LogP contribution in [0.2, 0.25) is 5.02 Å². The first kappa shape index (κ1) is 9.29. The fraction of sp³-hybridized carbons (Fsp3) is 0.143. The van der Waals surface area contributed by atoms with Crippen molar-refractivity contribution in [2.24, 2.45) is 0 Å². The van der Waals surface area contributed by atoms with Crippen LogP contribution in [0, 0.1) is 0 Å². The third-order valence-corrected chi connectivity index (χ3v) is 1.59. The van der Waals surface area contributed by atoms with Crippen LogP contribution in [-0.4, -0.2) is 9.55 Å². The Balaban J connectivity index is 2.97. The molecule has 5 heteroatoms. The van der Waals surface area contributed by atoms with Crippen LogP contribution >= 0.6 is 23.2 Å². The molecule has 0 unspecified atom stereocenters. The van der Waals surface area contributed by atoms with Crippen molar-refractivity contribution < 1.29 is 0 Å². The average Bonchev–Trinajstić information content (AvgIpc) is 2.07. The lowest BCUT2D eigenvalue weighted by atomic mass is 10.5. The van der Waals surface area contributed by atoms with Gasteiger partial charge < -0.3 is 0 Å². The van der Waals surface area contributed by atoms with Crippen LogP contribution in [0.15, 0.2) is 28.8 Å². The molecular weight excluding hydrogens is 199 g/mol. The molecule has 0 atom stereocenters. The van der Waals surface area contributed by atoms with Gasteiger partial charge in [0.2, 0.25) is 0 Å². The van der Waals surface area contributed by atoms with Gasteiger partial charge in [-0.15, -0.1) is 0 Å². The van der Waals surface area contributed by atoms with Crippen molar-refractivity contribution >= 4 is 23.2 Å². The first-order valence-corrected chi connectivity index (χ1v) is 4.02. The smallest absolute Gasteiger partial charge is 0.294 e. The van der Waals surface area contributed by atoms with E-state index in [0.29, 0.717) is 11.6 Å². The highest BCUT2D eigenvalue weighted by atomic mass is 35.5. The van der Waals surface area contributed by atoms with Gasteiger partial charge in [0.05, 0.1) is 11.2 Å². The van der Waals surface area contributed by atoms with Crippen molar-refractivity contribution in [1.29, 1.82) is 0 Å².